The Bertz CT molecular complexity index is 777. The zero-order chi connectivity index (χ0) is 18.9. The summed E-state index contributed by atoms with van der Waals surface area (Å²) in [5.74, 6) is 1.08. The smallest absolute Gasteiger partial charge is 0.226 e. The molecule has 0 unspecified atom stereocenters. The summed E-state index contributed by atoms with van der Waals surface area (Å²) < 4.78 is 10.5. The number of ether oxygens (including phenoxy) is 2. The predicted molar refractivity (Wildman–Crippen MR) is 102 cm³/mol. The lowest BCUT2D eigenvalue weighted by molar-refractivity contribution is -0.116. The summed E-state index contributed by atoms with van der Waals surface area (Å²) >= 11 is 0. The van der Waals surface area contributed by atoms with Gasteiger partial charge in [-0.15, -0.1) is 0 Å². The average Bonchev–Trinajstić information content (AvgIpc) is 2.61. The van der Waals surface area contributed by atoms with Crippen LogP contribution in [0.15, 0.2) is 42.5 Å². The lowest BCUT2D eigenvalue weighted by atomic mass is 10.2. The lowest BCUT2D eigenvalue weighted by Crippen LogP contribution is -2.16. The molecule has 0 radical (unpaired) electrons. The third-order valence-electron chi connectivity index (χ3n) is 3.54. The second kappa shape index (κ2) is 9.31. The molecular formula is C19H23N3O4. The largest absolute Gasteiger partial charge is 0.497 e. The molecule has 0 atom stereocenters. The standard InChI is InChI=1S/C19H23N3O4/c1-13(23)21-14-5-4-6-15(11-14)22-19(24)9-10-20-17-12-16(25-2)7-8-18(17)26-3/h4-8,11-12,20H,9-10H2,1-3H3,(H,21,23)(H,22,24). The monoisotopic (exact) mass is 357 g/mol. The Morgan fingerprint density at radius 3 is 2.35 bits per heavy atom. The van der Waals surface area contributed by atoms with E-state index in [1.165, 1.54) is 6.92 Å². The maximum absolute atomic E-state index is 12.1. The molecule has 2 aromatic carbocycles. The van der Waals surface area contributed by atoms with Crippen LogP contribution in [0, 0.1) is 0 Å². The van der Waals surface area contributed by atoms with Crippen LogP contribution in [0.3, 0.4) is 0 Å². The Labute approximate surface area is 152 Å². The van der Waals surface area contributed by atoms with Crippen molar-refractivity contribution in [2.45, 2.75) is 13.3 Å². The predicted octanol–water partition coefficient (Wildman–Crippen LogP) is 3.10. The molecule has 2 aromatic rings. The fraction of sp³-hybridized carbons (Fsp3) is 0.263. The van der Waals surface area contributed by atoms with E-state index in [1.807, 2.05) is 6.07 Å². The summed E-state index contributed by atoms with van der Waals surface area (Å²) in [5.41, 5.74) is 2.02. The van der Waals surface area contributed by atoms with Crippen LogP contribution in [0.5, 0.6) is 11.5 Å². The van der Waals surface area contributed by atoms with Gasteiger partial charge in [0.25, 0.3) is 0 Å². The number of benzene rings is 2. The molecule has 2 rings (SSSR count). The number of hydrogen-bond donors (Lipinski definition) is 3. The van der Waals surface area contributed by atoms with Crippen molar-refractivity contribution >= 4 is 28.9 Å². The number of anilines is 3. The highest BCUT2D eigenvalue weighted by Gasteiger charge is 2.07. The molecular weight excluding hydrogens is 334 g/mol. The van der Waals surface area contributed by atoms with Gasteiger partial charge in [0.1, 0.15) is 11.5 Å². The van der Waals surface area contributed by atoms with Gasteiger partial charge in [0.15, 0.2) is 0 Å². The molecule has 0 fully saturated rings. The van der Waals surface area contributed by atoms with Crippen molar-refractivity contribution in [2.24, 2.45) is 0 Å². The van der Waals surface area contributed by atoms with Crippen LogP contribution in [0.2, 0.25) is 0 Å². The van der Waals surface area contributed by atoms with Gasteiger partial charge >= 0.3 is 0 Å². The second-order valence-corrected chi connectivity index (χ2v) is 5.55. The van der Waals surface area contributed by atoms with E-state index in [0.29, 0.717) is 29.4 Å². The maximum Gasteiger partial charge on any atom is 0.226 e. The van der Waals surface area contributed by atoms with Crippen LogP contribution in [-0.2, 0) is 9.59 Å². The summed E-state index contributed by atoms with van der Waals surface area (Å²) in [6.07, 6.45) is 0.269. The first-order valence-corrected chi connectivity index (χ1v) is 8.15. The summed E-state index contributed by atoms with van der Waals surface area (Å²) in [6, 6.07) is 12.4. The Morgan fingerprint density at radius 2 is 1.69 bits per heavy atom. The fourth-order valence-corrected chi connectivity index (χ4v) is 2.36. The number of methoxy groups -OCH3 is 2. The molecule has 26 heavy (non-hydrogen) atoms. The van der Waals surface area contributed by atoms with Gasteiger partial charge in [-0.3, -0.25) is 9.59 Å². The normalized spacial score (nSPS) is 9.96. The molecule has 0 heterocycles. The molecule has 7 heteroatoms. The van der Waals surface area contributed by atoms with Crippen molar-refractivity contribution in [1.29, 1.82) is 0 Å². The number of carbonyl (C=O) groups excluding carboxylic acids is 2. The zero-order valence-corrected chi connectivity index (χ0v) is 15.1. The molecule has 0 aliphatic carbocycles. The Balaban J connectivity index is 1.89. The number of rotatable bonds is 8. The van der Waals surface area contributed by atoms with Crippen LogP contribution in [0.4, 0.5) is 17.1 Å². The Kier molecular flexibility index (Phi) is 6.84. The summed E-state index contributed by atoms with van der Waals surface area (Å²) in [5, 5.41) is 8.66. The van der Waals surface area contributed by atoms with Gasteiger partial charge in [-0.2, -0.15) is 0 Å². The molecule has 0 saturated heterocycles. The fourth-order valence-electron chi connectivity index (χ4n) is 2.36. The van der Waals surface area contributed by atoms with Gasteiger partial charge in [-0.1, -0.05) is 6.07 Å². The first kappa shape index (κ1) is 19.1. The minimum Gasteiger partial charge on any atom is -0.497 e. The molecule has 2 amide bonds. The highest BCUT2D eigenvalue weighted by molar-refractivity contribution is 5.93. The number of nitrogens with one attached hydrogen (secondary N) is 3. The molecule has 0 aliphatic heterocycles. The van der Waals surface area contributed by atoms with Gasteiger partial charge in [-0.05, 0) is 30.3 Å². The van der Waals surface area contributed by atoms with E-state index in [9.17, 15) is 9.59 Å². The van der Waals surface area contributed by atoms with Gasteiger partial charge in [-0.25, -0.2) is 0 Å². The van der Waals surface area contributed by atoms with E-state index < -0.39 is 0 Å². The van der Waals surface area contributed by atoms with Crippen molar-refractivity contribution in [3.8, 4) is 11.5 Å². The zero-order valence-electron chi connectivity index (χ0n) is 15.1. The topological polar surface area (TPSA) is 88.7 Å². The summed E-state index contributed by atoms with van der Waals surface area (Å²) in [7, 11) is 3.18. The Morgan fingerprint density at radius 1 is 0.962 bits per heavy atom. The third kappa shape index (κ3) is 5.70. The average molecular weight is 357 g/mol. The first-order valence-electron chi connectivity index (χ1n) is 8.15. The number of hydrogen-bond acceptors (Lipinski definition) is 5. The number of amides is 2. The van der Waals surface area contributed by atoms with E-state index in [1.54, 1.807) is 50.6 Å². The second-order valence-electron chi connectivity index (χ2n) is 5.55. The van der Waals surface area contributed by atoms with Crippen molar-refractivity contribution in [1.82, 2.24) is 0 Å². The van der Waals surface area contributed by atoms with E-state index >= 15 is 0 Å². The van der Waals surface area contributed by atoms with E-state index in [0.717, 1.165) is 5.69 Å². The van der Waals surface area contributed by atoms with E-state index in [2.05, 4.69) is 16.0 Å². The van der Waals surface area contributed by atoms with E-state index in [-0.39, 0.29) is 18.2 Å². The van der Waals surface area contributed by atoms with Crippen LogP contribution >= 0.6 is 0 Å². The van der Waals surface area contributed by atoms with Crippen molar-refractivity contribution in [3.05, 3.63) is 42.5 Å². The lowest BCUT2D eigenvalue weighted by Gasteiger charge is -2.13. The van der Waals surface area contributed by atoms with E-state index in [4.69, 9.17) is 9.47 Å². The highest BCUT2D eigenvalue weighted by Crippen LogP contribution is 2.28. The Hall–Kier alpha value is -3.22. The minimum atomic E-state index is -0.162. The summed E-state index contributed by atoms with van der Waals surface area (Å²) in [6.45, 7) is 1.87. The van der Waals surface area contributed by atoms with Crippen molar-refractivity contribution in [2.75, 3.05) is 36.7 Å². The SMILES string of the molecule is COc1ccc(OC)c(NCCC(=O)Nc2cccc(NC(C)=O)c2)c1. The molecule has 0 saturated carbocycles. The van der Waals surface area contributed by atoms with Crippen molar-refractivity contribution < 1.29 is 19.1 Å². The molecule has 0 aliphatic rings. The summed E-state index contributed by atoms with van der Waals surface area (Å²) in [4.78, 5) is 23.2. The highest BCUT2D eigenvalue weighted by atomic mass is 16.5. The van der Waals surface area contributed by atoms with Crippen LogP contribution in [0.1, 0.15) is 13.3 Å². The molecule has 138 valence electrons. The quantitative estimate of drug-likeness (QED) is 0.676. The van der Waals surface area contributed by atoms with Crippen LogP contribution < -0.4 is 25.4 Å². The van der Waals surface area contributed by atoms with Gasteiger partial charge < -0.3 is 25.4 Å². The number of carbonyl (C=O) groups is 2. The third-order valence-corrected chi connectivity index (χ3v) is 3.54. The van der Waals surface area contributed by atoms with Gasteiger partial charge in [0.2, 0.25) is 11.8 Å². The molecule has 3 N–H and O–H groups in total. The van der Waals surface area contributed by atoms with Crippen molar-refractivity contribution in [3.63, 3.8) is 0 Å². The first-order chi connectivity index (χ1) is 12.5. The van der Waals surface area contributed by atoms with Crippen LogP contribution in [-0.4, -0.2) is 32.6 Å². The van der Waals surface area contributed by atoms with Crippen LogP contribution in [0.25, 0.3) is 0 Å². The molecule has 0 spiro atoms. The molecule has 0 bridgehead atoms. The molecule has 7 nitrogen and oxygen atoms in total. The molecule has 0 aromatic heterocycles. The maximum atomic E-state index is 12.1. The minimum absolute atomic E-state index is 0.140. The van der Waals surface area contributed by atoms with Gasteiger partial charge in [0, 0.05) is 37.3 Å². The van der Waals surface area contributed by atoms with Gasteiger partial charge in [0.05, 0.1) is 19.9 Å².